The zero-order chi connectivity index (χ0) is 14.5. The van der Waals surface area contributed by atoms with E-state index < -0.39 is 0 Å². The molecule has 0 aliphatic heterocycles. The second-order valence-corrected chi connectivity index (χ2v) is 5.73. The SMILES string of the molecule is COc1ccc(CC(NN)c2ccc(Cl)cc2)cc1Br. The quantitative estimate of drug-likeness (QED) is 0.632. The maximum atomic E-state index is 5.90. The van der Waals surface area contributed by atoms with Crippen LogP contribution in [0.1, 0.15) is 17.2 Å². The third-order valence-electron chi connectivity index (χ3n) is 3.13. The van der Waals surface area contributed by atoms with E-state index in [1.807, 2.05) is 42.5 Å². The van der Waals surface area contributed by atoms with Crippen molar-refractivity contribution in [3.8, 4) is 5.75 Å². The third-order valence-corrected chi connectivity index (χ3v) is 4.00. The predicted octanol–water partition coefficient (Wildman–Crippen LogP) is 3.86. The number of rotatable bonds is 5. The first-order valence-corrected chi connectivity index (χ1v) is 7.35. The Morgan fingerprint density at radius 2 is 1.95 bits per heavy atom. The second-order valence-electron chi connectivity index (χ2n) is 4.44. The summed E-state index contributed by atoms with van der Waals surface area (Å²) in [5.41, 5.74) is 5.11. The molecule has 20 heavy (non-hydrogen) atoms. The largest absolute Gasteiger partial charge is 0.496 e. The van der Waals surface area contributed by atoms with Crippen LogP contribution in [0.5, 0.6) is 5.75 Å². The highest BCUT2D eigenvalue weighted by molar-refractivity contribution is 9.10. The van der Waals surface area contributed by atoms with E-state index in [1.54, 1.807) is 7.11 Å². The van der Waals surface area contributed by atoms with Crippen LogP contribution in [0.4, 0.5) is 0 Å². The number of hydrogen-bond acceptors (Lipinski definition) is 3. The van der Waals surface area contributed by atoms with Crippen LogP contribution in [0.2, 0.25) is 5.02 Å². The first kappa shape index (κ1) is 15.3. The summed E-state index contributed by atoms with van der Waals surface area (Å²) in [6, 6.07) is 13.7. The number of nitrogens with one attached hydrogen (secondary N) is 1. The Bertz CT molecular complexity index is 575. The Morgan fingerprint density at radius 3 is 2.50 bits per heavy atom. The molecule has 3 N–H and O–H groups in total. The second kappa shape index (κ2) is 7.09. The average Bonchev–Trinajstić information content (AvgIpc) is 2.46. The van der Waals surface area contributed by atoms with Gasteiger partial charge in [0.1, 0.15) is 5.75 Å². The van der Waals surface area contributed by atoms with Crippen LogP contribution in [0.3, 0.4) is 0 Å². The lowest BCUT2D eigenvalue weighted by atomic mass is 9.99. The van der Waals surface area contributed by atoms with Gasteiger partial charge in [-0.25, -0.2) is 0 Å². The average molecular weight is 356 g/mol. The molecule has 0 aliphatic rings. The summed E-state index contributed by atoms with van der Waals surface area (Å²) in [4.78, 5) is 0. The molecule has 0 heterocycles. The van der Waals surface area contributed by atoms with E-state index in [4.69, 9.17) is 22.2 Å². The van der Waals surface area contributed by atoms with Crippen molar-refractivity contribution in [2.45, 2.75) is 12.5 Å². The third kappa shape index (κ3) is 3.73. The van der Waals surface area contributed by atoms with Crippen LogP contribution in [0.25, 0.3) is 0 Å². The molecule has 5 heteroatoms. The molecule has 0 amide bonds. The fourth-order valence-electron chi connectivity index (χ4n) is 2.04. The van der Waals surface area contributed by atoms with Gasteiger partial charge in [-0.05, 0) is 57.7 Å². The van der Waals surface area contributed by atoms with E-state index >= 15 is 0 Å². The lowest BCUT2D eigenvalue weighted by Crippen LogP contribution is -2.29. The lowest BCUT2D eigenvalue weighted by Gasteiger charge is -2.17. The zero-order valence-electron chi connectivity index (χ0n) is 11.1. The first-order valence-electron chi connectivity index (χ1n) is 6.18. The number of hydrogen-bond donors (Lipinski definition) is 2. The molecule has 0 fully saturated rings. The van der Waals surface area contributed by atoms with E-state index in [0.29, 0.717) is 0 Å². The van der Waals surface area contributed by atoms with Crippen molar-refractivity contribution in [2.24, 2.45) is 5.84 Å². The number of nitrogens with two attached hydrogens (primary N) is 1. The Morgan fingerprint density at radius 1 is 1.25 bits per heavy atom. The van der Waals surface area contributed by atoms with Crippen LogP contribution < -0.4 is 16.0 Å². The van der Waals surface area contributed by atoms with Gasteiger partial charge in [0.2, 0.25) is 0 Å². The van der Waals surface area contributed by atoms with Crippen molar-refractivity contribution >= 4 is 27.5 Å². The summed E-state index contributed by atoms with van der Waals surface area (Å²) in [6.07, 6.45) is 0.778. The summed E-state index contributed by atoms with van der Waals surface area (Å²) in [7, 11) is 1.65. The van der Waals surface area contributed by atoms with Gasteiger partial charge in [0.15, 0.2) is 0 Å². The molecule has 2 rings (SSSR count). The molecule has 0 saturated heterocycles. The number of halogens is 2. The zero-order valence-corrected chi connectivity index (χ0v) is 13.4. The van der Waals surface area contributed by atoms with Crippen LogP contribution in [0, 0.1) is 0 Å². The van der Waals surface area contributed by atoms with Crippen molar-refractivity contribution in [3.63, 3.8) is 0 Å². The van der Waals surface area contributed by atoms with Crippen LogP contribution >= 0.6 is 27.5 Å². The first-order chi connectivity index (χ1) is 9.63. The molecule has 1 unspecified atom stereocenters. The Labute approximate surface area is 132 Å². The van der Waals surface area contributed by atoms with Crippen molar-refractivity contribution in [1.29, 1.82) is 0 Å². The molecule has 106 valence electrons. The van der Waals surface area contributed by atoms with Crippen LogP contribution in [-0.4, -0.2) is 7.11 Å². The van der Waals surface area contributed by atoms with Crippen molar-refractivity contribution in [3.05, 3.63) is 63.1 Å². The fourth-order valence-corrected chi connectivity index (χ4v) is 2.75. The lowest BCUT2D eigenvalue weighted by molar-refractivity contribution is 0.412. The molecule has 0 saturated carbocycles. The van der Waals surface area contributed by atoms with Gasteiger partial charge in [0.05, 0.1) is 11.6 Å². The molecule has 3 nitrogen and oxygen atoms in total. The van der Waals surface area contributed by atoms with Crippen molar-refractivity contribution < 1.29 is 4.74 Å². The van der Waals surface area contributed by atoms with Gasteiger partial charge in [-0.3, -0.25) is 11.3 Å². The standard InChI is InChI=1S/C15H16BrClN2O/c1-20-15-7-2-10(8-13(15)16)9-14(19-18)11-3-5-12(17)6-4-11/h2-8,14,19H,9,18H2,1H3. The van der Waals surface area contributed by atoms with E-state index in [2.05, 4.69) is 21.4 Å². The molecule has 0 radical (unpaired) electrons. The van der Waals surface area contributed by atoms with Crippen LogP contribution in [0.15, 0.2) is 46.9 Å². The highest BCUT2D eigenvalue weighted by Crippen LogP contribution is 2.28. The number of ether oxygens (including phenoxy) is 1. The van der Waals surface area contributed by atoms with Gasteiger partial charge in [-0.2, -0.15) is 0 Å². The minimum absolute atomic E-state index is 0.0348. The minimum Gasteiger partial charge on any atom is -0.496 e. The number of methoxy groups -OCH3 is 1. The van der Waals surface area contributed by atoms with Gasteiger partial charge in [-0.15, -0.1) is 0 Å². The summed E-state index contributed by atoms with van der Waals surface area (Å²) in [5.74, 6) is 6.48. The molecular weight excluding hydrogens is 340 g/mol. The normalized spacial score (nSPS) is 12.2. The van der Waals surface area contributed by atoms with Crippen LogP contribution in [-0.2, 0) is 6.42 Å². The van der Waals surface area contributed by atoms with Gasteiger partial charge in [-0.1, -0.05) is 29.8 Å². The summed E-state index contributed by atoms with van der Waals surface area (Å²) in [5, 5.41) is 0.719. The molecule has 2 aromatic carbocycles. The summed E-state index contributed by atoms with van der Waals surface area (Å²) < 4.78 is 6.16. The van der Waals surface area contributed by atoms with E-state index in [0.717, 1.165) is 32.8 Å². The molecule has 0 bridgehead atoms. The van der Waals surface area contributed by atoms with Gasteiger partial charge in [0.25, 0.3) is 0 Å². The van der Waals surface area contributed by atoms with Gasteiger partial charge in [0, 0.05) is 11.1 Å². The minimum atomic E-state index is 0.0348. The molecule has 2 aromatic rings. The predicted molar refractivity (Wildman–Crippen MR) is 85.9 cm³/mol. The van der Waals surface area contributed by atoms with Crippen molar-refractivity contribution in [2.75, 3.05) is 7.11 Å². The van der Waals surface area contributed by atoms with Gasteiger partial charge >= 0.3 is 0 Å². The number of benzene rings is 2. The highest BCUT2D eigenvalue weighted by Gasteiger charge is 2.11. The fraction of sp³-hybridized carbons (Fsp3) is 0.200. The van der Waals surface area contributed by atoms with E-state index in [1.165, 1.54) is 0 Å². The Hall–Kier alpha value is -1.07. The van der Waals surface area contributed by atoms with E-state index in [9.17, 15) is 0 Å². The number of hydrazine groups is 1. The molecule has 0 aliphatic carbocycles. The summed E-state index contributed by atoms with van der Waals surface area (Å²) in [6.45, 7) is 0. The monoisotopic (exact) mass is 354 g/mol. The smallest absolute Gasteiger partial charge is 0.133 e. The maximum Gasteiger partial charge on any atom is 0.133 e. The highest BCUT2D eigenvalue weighted by atomic mass is 79.9. The van der Waals surface area contributed by atoms with Gasteiger partial charge < -0.3 is 4.74 Å². The van der Waals surface area contributed by atoms with Crippen molar-refractivity contribution in [1.82, 2.24) is 5.43 Å². The molecular formula is C15H16BrClN2O. The Balaban J connectivity index is 2.17. The topological polar surface area (TPSA) is 47.3 Å². The summed E-state index contributed by atoms with van der Waals surface area (Å²) >= 11 is 9.39. The maximum absolute atomic E-state index is 5.90. The Kier molecular flexibility index (Phi) is 5.43. The molecule has 1 atom stereocenters. The molecule has 0 aromatic heterocycles. The van der Waals surface area contributed by atoms with E-state index in [-0.39, 0.29) is 6.04 Å². The molecule has 0 spiro atoms.